The van der Waals surface area contributed by atoms with E-state index in [0.29, 0.717) is 11.8 Å². The van der Waals surface area contributed by atoms with Gasteiger partial charge in [-0.2, -0.15) is 0 Å². The van der Waals surface area contributed by atoms with Gasteiger partial charge < -0.3 is 9.64 Å². The molecule has 0 spiro atoms. The Hall–Kier alpha value is -1.35. The number of nitrogens with zero attached hydrogens (tertiary/aromatic N) is 1. The van der Waals surface area contributed by atoms with Crippen molar-refractivity contribution in [3.8, 4) is 0 Å². The molecule has 1 heterocycles. The van der Waals surface area contributed by atoms with Crippen molar-refractivity contribution in [2.45, 2.75) is 51.0 Å². The minimum Gasteiger partial charge on any atom is -0.371 e. The Bertz CT molecular complexity index is 464. The Morgan fingerprint density at radius 2 is 1.86 bits per heavy atom. The summed E-state index contributed by atoms with van der Waals surface area (Å²) in [4.78, 5) is 14.7. The maximum Gasteiger partial charge on any atom is 0.222 e. The summed E-state index contributed by atoms with van der Waals surface area (Å²) in [5, 5.41) is 0. The van der Waals surface area contributed by atoms with E-state index >= 15 is 0 Å². The molecule has 1 aromatic carbocycles. The molecule has 0 N–H and O–H groups in total. The summed E-state index contributed by atoms with van der Waals surface area (Å²) in [5.74, 6) is 0.943. The van der Waals surface area contributed by atoms with E-state index in [1.165, 1.54) is 37.7 Å². The van der Waals surface area contributed by atoms with Crippen molar-refractivity contribution < 1.29 is 9.53 Å². The lowest BCUT2D eigenvalue weighted by Crippen LogP contribution is -2.37. The number of epoxide rings is 1. The van der Waals surface area contributed by atoms with E-state index in [4.69, 9.17) is 4.74 Å². The summed E-state index contributed by atoms with van der Waals surface area (Å²) in [6.45, 7) is 2.41. The van der Waals surface area contributed by atoms with E-state index in [0.717, 1.165) is 32.5 Å². The molecular formula is C19H27NO2. The van der Waals surface area contributed by atoms with Crippen molar-refractivity contribution in [1.29, 1.82) is 0 Å². The molecule has 1 aliphatic carbocycles. The predicted octanol–water partition coefficient (Wildman–Crippen LogP) is 3.43. The molecule has 3 heteroatoms. The van der Waals surface area contributed by atoms with Crippen molar-refractivity contribution in [2.24, 2.45) is 5.92 Å². The second-order valence-electron chi connectivity index (χ2n) is 6.74. The van der Waals surface area contributed by atoms with Crippen molar-refractivity contribution in [3.05, 3.63) is 35.9 Å². The van der Waals surface area contributed by atoms with E-state index in [1.54, 1.807) is 0 Å². The molecule has 1 aliphatic heterocycles. The lowest BCUT2D eigenvalue weighted by atomic mass is 9.86. The van der Waals surface area contributed by atoms with Crippen LogP contribution in [-0.2, 0) is 16.0 Å². The van der Waals surface area contributed by atoms with E-state index < -0.39 is 0 Å². The molecule has 1 aromatic rings. The SMILES string of the molecule is O=C(CC1CCCCC1)N(CCc1ccccc1)CC1CO1. The quantitative estimate of drug-likeness (QED) is 0.723. The minimum absolute atomic E-state index is 0.283. The lowest BCUT2D eigenvalue weighted by Gasteiger charge is -2.26. The van der Waals surface area contributed by atoms with Gasteiger partial charge in [-0.05, 0) is 30.7 Å². The highest BCUT2D eigenvalue weighted by molar-refractivity contribution is 5.76. The van der Waals surface area contributed by atoms with Crippen LogP contribution in [0, 0.1) is 5.92 Å². The van der Waals surface area contributed by atoms with E-state index in [1.807, 2.05) is 11.0 Å². The molecule has 1 atom stereocenters. The first kappa shape index (κ1) is 15.5. The van der Waals surface area contributed by atoms with Gasteiger partial charge in [-0.25, -0.2) is 0 Å². The average molecular weight is 301 g/mol. The van der Waals surface area contributed by atoms with Gasteiger partial charge in [0.2, 0.25) is 5.91 Å². The summed E-state index contributed by atoms with van der Waals surface area (Å²) in [5.41, 5.74) is 1.30. The molecule has 1 saturated carbocycles. The standard InChI is InChI=1S/C19H27NO2/c21-19(13-17-9-5-2-6-10-17)20(14-18-15-22-18)12-11-16-7-3-1-4-8-16/h1,3-4,7-8,17-18H,2,5-6,9-15H2. The Balaban J connectivity index is 1.52. The van der Waals surface area contributed by atoms with Gasteiger partial charge in [-0.1, -0.05) is 49.6 Å². The van der Waals surface area contributed by atoms with Gasteiger partial charge in [0.15, 0.2) is 0 Å². The van der Waals surface area contributed by atoms with Crippen LogP contribution < -0.4 is 0 Å². The van der Waals surface area contributed by atoms with Crippen molar-refractivity contribution >= 4 is 5.91 Å². The monoisotopic (exact) mass is 301 g/mol. The first-order chi connectivity index (χ1) is 10.8. The molecule has 1 unspecified atom stereocenters. The zero-order valence-electron chi connectivity index (χ0n) is 13.4. The second-order valence-corrected chi connectivity index (χ2v) is 6.74. The Morgan fingerprint density at radius 1 is 1.14 bits per heavy atom. The minimum atomic E-state index is 0.283. The number of rotatable bonds is 7. The highest BCUT2D eigenvalue weighted by atomic mass is 16.6. The average Bonchev–Trinajstić information content (AvgIpc) is 3.37. The van der Waals surface area contributed by atoms with Crippen LogP contribution >= 0.6 is 0 Å². The van der Waals surface area contributed by atoms with Gasteiger partial charge in [-0.15, -0.1) is 0 Å². The predicted molar refractivity (Wildman–Crippen MR) is 87.7 cm³/mol. The zero-order chi connectivity index (χ0) is 15.2. The molecule has 3 nitrogen and oxygen atoms in total. The maximum atomic E-state index is 12.7. The summed E-state index contributed by atoms with van der Waals surface area (Å²) in [6, 6.07) is 10.4. The van der Waals surface area contributed by atoms with Crippen LogP contribution in [0.4, 0.5) is 0 Å². The van der Waals surface area contributed by atoms with Crippen LogP contribution in [0.15, 0.2) is 30.3 Å². The number of carbonyl (C=O) groups is 1. The second kappa shape index (κ2) is 7.77. The normalized spacial score (nSPS) is 21.5. The third-order valence-electron chi connectivity index (χ3n) is 4.88. The van der Waals surface area contributed by atoms with Crippen LogP contribution in [0.3, 0.4) is 0 Å². The summed E-state index contributed by atoms with van der Waals surface area (Å²) < 4.78 is 5.34. The number of ether oxygens (including phenoxy) is 1. The summed E-state index contributed by atoms with van der Waals surface area (Å²) in [6.07, 6.45) is 8.37. The van der Waals surface area contributed by atoms with Crippen molar-refractivity contribution in [3.63, 3.8) is 0 Å². The Morgan fingerprint density at radius 3 is 2.55 bits per heavy atom. The van der Waals surface area contributed by atoms with Gasteiger partial charge in [0.05, 0.1) is 12.7 Å². The highest BCUT2D eigenvalue weighted by Gasteiger charge is 2.29. The Labute approximate surface area is 133 Å². The topological polar surface area (TPSA) is 32.8 Å². The summed E-state index contributed by atoms with van der Waals surface area (Å²) in [7, 11) is 0. The van der Waals surface area contributed by atoms with Crippen LogP contribution in [-0.4, -0.2) is 36.6 Å². The van der Waals surface area contributed by atoms with Gasteiger partial charge in [0, 0.05) is 19.5 Å². The summed E-state index contributed by atoms with van der Waals surface area (Å²) >= 11 is 0. The van der Waals surface area contributed by atoms with Crippen LogP contribution in [0.2, 0.25) is 0 Å². The first-order valence-electron chi connectivity index (χ1n) is 8.74. The number of hydrogen-bond acceptors (Lipinski definition) is 2. The van der Waals surface area contributed by atoms with Gasteiger partial charge in [0.25, 0.3) is 0 Å². The molecule has 1 saturated heterocycles. The first-order valence-corrected chi connectivity index (χ1v) is 8.74. The lowest BCUT2D eigenvalue weighted by molar-refractivity contribution is -0.132. The van der Waals surface area contributed by atoms with Crippen LogP contribution in [0.25, 0.3) is 0 Å². The third-order valence-corrected chi connectivity index (χ3v) is 4.88. The zero-order valence-corrected chi connectivity index (χ0v) is 13.4. The van der Waals surface area contributed by atoms with Gasteiger partial charge in [0.1, 0.15) is 0 Å². The van der Waals surface area contributed by atoms with E-state index in [2.05, 4.69) is 24.3 Å². The van der Waals surface area contributed by atoms with E-state index in [-0.39, 0.29) is 6.10 Å². The fourth-order valence-corrected chi connectivity index (χ4v) is 3.41. The molecular weight excluding hydrogens is 274 g/mol. The molecule has 3 rings (SSSR count). The van der Waals surface area contributed by atoms with Crippen LogP contribution in [0.1, 0.15) is 44.1 Å². The maximum absolute atomic E-state index is 12.7. The van der Waals surface area contributed by atoms with Gasteiger partial charge in [-0.3, -0.25) is 4.79 Å². The third kappa shape index (κ3) is 4.84. The van der Waals surface area contributed by atoms with Crippen LogP contribution in [0.5, 0.6) is 0 Å². The number of carbonyl (C=O) groups excluding carboxylic acids is 1. The fourth-order valence-electron chi connectivity index (χ4n) is 3.41. The number of amides is 1. The number of hydrogen-bond donors (Lipinski definition) is 0. The Kier molecular flexibility index (Phi) is 5.49. The molecule has 1 amide bonds. The van der Waals surface area contributed by atoms with E-state index in [9.17, 15) is 4.79 Å². The van der Waals surface area contributed by atoms with Gasteiger partial charge >= 0.3 is 0 Å². The molecule has 2 aliphatic rings. The number of benzene rings is 1. The molecule has 120 valence electrons. The molecule has 0 radical (unpaired) electrons. The fraction of sp³-hybridized carbons (Fsp3) is 0.632. The molecule has 0 bridgehead atoms. The largest absolute Gasteiger partial charge is 0.371 e. The highest BCUT2D eigenvalue weighted by Crippen LogP contribution is 2.27. The molecule has 22 heavy (non-hydrogen) atoms. The van der Waals surface area contributed by atoms with Crippen molar-refractivity contribution in [1.82, 2.24) is 4.90 Å². The smallest absolute Gasteiger partial charge is 0.222 e. The van der Waals surface area contributed by atoms with Crippen molar-refractivity contribution in [2.75, 3.05) is 19.7 Å². The molecule has 2 fully saturated rings. The molecule has 0 aromatic heterocycles.